The lowest BCUT2D eigenvalue weighted by atomic mass is 9.93. The third kappa shape index (κ3) is 6.19. The Kier molecular flexibility index (Phi) is 9.41. The van der Waals surface area contributed by atoms with Crippen LogP contribution in [0, 0.1) is 0 Å². The molecule has 1 amide bonds. The molecule has 178 valence electrons. The fraction of sp³-hybridized carbons (Fsp3) is 0.375. The predicted molar refractivity (Wildman–Crippen MR) is 129 cm³/mol. The zero-order chi connectivity index (χ0) is 23.8. The van der Waals surface area contributed by atoms with Crippen LogP contribution in [0.15, 0.2) is 42.5 Å². The molecule has 33 heavy (non-hydrogen) atoms. The van der Waals surface area contributed by atoms with E-state index in [1.54, 1.807) is 24.1 Å². The molecular weight excluding hydrogens is 467 g/mol. The van der Waals surface area contributed by atoms with Gasteiger partial charge in [0.15, 0.2) is 0 Å². The standard InChI is InChI=1S/C21H21ClN2O4.C3H7ClO/c22-14-3-6-19-18(9-14)17-7-8-24(12-26)21(20(17)23-19)13-1-4-16(5-2-13)28-11-15(27)10-25;1-5-3-2-4/h1-6,9,12,15,21,23,25,27H,7-8,10-11H2;2-3H2,1H3. The molecule has 3 N–H and O–H groups in total. The molecule has 7 nitrogen and oxygen atoms in total. The van der Waals surface area contributed by atoms with E-state index in [1.807, 2.05) is 30.3 Å². The minimum absolute atomic E-state index is 0.0205. The van der Waals surface area contributed by atoms with Crippen molar-refractivity contribution in [3.05, 3.63) is 64.3 Å². The highest BCUT2D eigenvalue weighted by atomic mass is 35.5. The second-order valence-corrected chi connectivity index (χ2v) is 8.42. The van der Waals surface area contributed by atoms with Crippen molar-refractivity contribution in [3.63, 3.8) is 0 Å². The van der Waals surface area contributed by atoms with Gasteiger partial charge in [0.25, 0.3) is 0 Å². The van der Waals surface area contributed by atoms with Gasteiger partial charge >= 0.3 is 0 Å². The zero-order valence-corrected chi connectivity index (χ0v) is 19.9. The summed E-state index contributed by atoms with van der Waals surface area (Å²) >= 11 is 11.4. The van der Waals surface area contributed by atoms with Gasteiger partial charge in [-0.1, -0.05) is 23.7 Å². The molecule has 1 aromatic heterocycles. The van der Waals surface area contributed by atoms with Crippen molar-refractivity contribution in [2.24, 2.45) is 0 Å². The number of aromatic amines is 1. The van der Waals surface area contributed by atoms with Crippen molar-refractivity contribution >= 4 is 40.5 Å². The van der Waals surface area contributed by atoms with Gasteiger partial charge in [-0.2, -0.15) is 0 Å². The molecule has 1 aliphatic heterocycles. The lowest BCUT2D eigenvalue weighted by molar-refractivity contribution is -0.120. The minimum atomic E-state index is -0.913. The van der Waals surface area contributed by atoms with Crippen LogP contribution in [0.4, 0.5) is 0 Å². The number of carbonyl (C=O) groups is 1. The quantitative estimate of drug-likeness (QED) is 0.328. The second-order valence-electron chi connectivity index (χ2n) is 7.60. The highest BCUT2D eigenvalue weighted by molar-refractivity contribution is 6.31. The normalized spacial score (nSPS) is 16.0. The van der Waals surface area contributed by atoms with Gasteiger partial charge in [0.1, 0.15) is 18.5 Å². The number of hydrogen-bond acceptors (Lipinski definition) is 5. The largest absolute Gasteiger partial charge is 0.491 e. The van der Waals surface area contributed by atoms with Crippen molar-refractivity contribution in [1.82, 2.24) is 9.88 Å². The molecule has 2 unspecified atom stereocenters. The molecule has 2 atom stereocenters. The van der Waals surface area contributed by atoms with E-state index in [2.05, 4.69) is 9.72 Å². The van der Waals surface area contributed by atoms with Crippen LogP contribution in [0.25, 0.3) is 10.9 Å². The molecule has 0 fully saturated rings. The lowest BCUT2D eigenvalue weighted by Gasteiger charge is -2.33. The molecule has 9 heteroatoms. The van der Waals surface area contributed by atoms with Crippen LogP contribution >= 0.6 is 23.2 Å². The fourth-order valence-corrected chi connectivity index (χ4v) is 4.15. The van der Waals surface area contributed by atoms with Crippen LogP contribution in [-0.2, 0) is 16.0 Å². The number of aromatic nitrogens is 1. The van der Waals surface area contributed by atoms with Gasteiger partial charge in [-0.3, -0.25) is 4.79 Å². The fourth-order valence-electron chi connectivity index (χ4n) is 3.82. The predicted octanol–water partition coefficient (Wildman–Crippen LogP) is 3.53. The number of nitrogens with zero attached hydrogens (tertiary/aromatic N) is 1. The molecule has 0 bridgehead atoms. The molecule has 0 saturated heterocycles. The average Bonchev–Trinajstić information content (AvgIpc) is 3.21. The summed E-state index contributed by atoms with van der Waals surface area (Å²) in [5.41, 5.74) is 4.15. The Labute approximate surface area is 202 Å². The monoisotopic (exact) mass is 494 g/mol. The maximum atomic E-state index is 11.7. The SMILES string of the molecule is COCCCl.O=CN1CCc2c([nH]c3ccc(Cl)cc23)C1c1ccc(OCC(O)CO)cc1. The molecule has 4 rings (SSSR count). The van der Waals surface area contributed by atoms with Crippen molar-refractivity contribution in [2.75, 3.05) is 39.4 Å². The van der Waals surface area contributed by atoms with E-state index in [-0.39, 0.29) is 19.3 Å². The Morgan fingerprint density at radius 1 is 1.27 bits per heavy atom. The third-order valence-electron chi connectivity index (χ3n) is 5.39. The number of aliphatic hydroxyl groups is 2. The first-order chi connectivity index (χ1) is 16.0. The Balaban J connectivity index is 0.000000555. The number of alkyl halides is 1. The van der Waals surface area contributed by atoms with E-state index >= 15 is 0 Å². The second kappa shape index (κ2) is 12.3. The van der Waals surface area contributed by atoms with Gasteiger partial charge in [-0.15, -0.1) is 11.6 Å². The van der Waals surface area contributed by atoms with Crippen LogP contribution in [0.5, 0.6) is 5.75 Å². The van der Waals surface area contributed by atoms with E-state index in [1.165, 1.54) is 5.56 Å². The zero-order valence-electron chi connectivity index (χ0n) is 18.3. The van der Waals surface area contributed by atoms with E-state index in [9.17, 15) is 9.90 Å². The summed E-state index contributed by atoms with van der Waals surface area (Å²) in [7, 11) is 1.63. The number of amides is 1. The van der Waals surface area contributed by atoms with Crippen LogP contribution in [0.3, 0.4) is 0 Å². The molecule has 2 aromatic carbocycles. The molecule has 3 aromatic rings. The summed E-state index contributed by atoms with van der Waals surface area (Å²) in [6.07, 6.45) is 0.739. The van der Waals surface area contributed by atoms with Gasteiger partial charge in [-0.05, 0) is 47.9 Å². The Hall–Kier alpha value is -2.29. The average molecular weight is 495 g/mol. The van der Waals surface area contributed by atoms with E-state index in [4.69, 9.17) is 33.0 Å². The molecule has 2 heterocycles. The number of H-pyrrole nitrogens is 1. The minimum Gasteiger partial charge on any atom is -0.491 e. The maximum Gasteiger partial charge on any atom is 0.210 e. The van der Waals surface area contributed by atoms with Crippen molar-refractivity contribution < 1.29 is 24.5 Å². The highest BCUT2D eigenvalue weighted by Gasteiger charge is 2.31. The molecular formula is C24H28Cl2N2O5. The van der Waals surface area contributed by atoms with Crippen molar-refractivity contribution in [2.45, 2.75) is 18.6 Å². The summed E-state index contributed by atoms with van der Waals surface area (Å²) in [5, 5.41) is 20.1. The Morgan fingerprint density at radius 3 is 2.64 bits per heavy atom. The summed E-state index contributed by atoms with van der Waals surface area (Å²) in [5.74, 6) is 1.18. The molecule has 0 aliphatic carbocycles. The lowest BCUT2D eigenvalue weighted by Crippen LogP contribution is -2.34. The number of benzene rings is 2. The molecule has 0 radical (unpaired) electrons. The van der Waals surface area contributed by atoms with Crippen LogP contribution < -0.4 is 4.74 Å². The van der Waals surface area contributed by atoms with Crippen molar-refractivity contribution in [3.8, 4) is 5.75 Å². The topological polar surface area (TPSA) is 95.0 Å². The van der Waals surface area contributed by atoms with Crippen LogP contribution in [0.1, 0.15) is 22.9 Å². The summed E-state index contributed by atoms with van der Waals surface area (Å²) < 4.78 is 10.0. The first-order valence-corrected chi connectivity index (χ1v) is 11.5. The smallest absolute Gasteiger partial charge is 0.210 e. The first-order valence-electron chi connectivity index (χ1n) is 10.6. The van der Waals surface area contributed by atoms with E-state index < -0.39 is 6.10 Å². The number of hydrogen-bond donors (Lipinski definition) is 3. The number of halogens is 2. The number of carbonyl (C=O) groups excluding carboxylic acids is 1. The van der Waals surface area contributed by atoms with Gasteiger partial charge in [0.05, 0.1) is 19.3 Å². The van der Waals surface area contributed by atoms with Gasteiger partial charge in [0.2, 0.25) is 6.41 Å². The van der Waals surface area contributed by atoms with Crippen LogP contribution in [-0.4, -0.2) is 72.0 Å². The molecule has 0 spiro atoms. The van der Waals surface area contributed by atoms with Gasteiger partial charge in [-0.25, -0.2) is 0 Å². The number of nitrogens with one attached hydrogen (secondary N) is 1. The van der Waals surface area contributed by atoms with Gasteiger partial charge < -0.3 is 29.6 Å². The summed E-state index contributed by atoms with van der Waals surface area (Å²) in [6, 6.07) is 13.0. The molecule has 0 saturated carbocycles. The number of ether oxygens (including phenoxy) is 2. The summed E-state index contributed by atoms with van der Waals surface area (Å²) in [6.45, 7) is 0.956. The first kappa shape index (κ1) is 25.3. The maximum absolute atomic E-state index is 11.7. The van der Waals surface area contributed by atoms with Crippen molar-refractivity contribution in [1.29, 1.82) is 0 Å². The molecule has 1 aliphatic rings. The van der Waals surface area contributed by atoms with Crippen LogP contribution in [0.2, 0.25) is 5.02 Å². The number of methoxy groups -OCH3 is 1. The third-order valence-corrected chi connectivity index (χ3v) is 5.78. The van der Waals surface area contributed by atoms with E-state index in [0.717, 1.165) is 35.0 Å². The van der Waals surface area contributed by atoms with Gasteiger partial charge in [0, 0.05) is 41.2 Å². The highest BCUT2D eigenvalue weighted by Crippen LogP contribution is 2.38. The summed E-state index contributed by atoms with van der Waals surface area (Å²) in [4.78, 5) is 17.0. The number of aliphatic hydroxyl groups excluding tert-OH is 2. The number of rotatable bonds is 8. The Morgan fingerprint density at radius 2 is 2.03 bits per heavy atom. The number of fused-ring (bicyclic) bond motifs is 3. The Bertz CT molecular complexity index is 1040. The van der Waals surface area contributed by atoms with E-state index in [0.29, 0.717) is 29.8 Å².